The molecular formula is C6H10FNO2. The van der Waals surface area contributed by atoms with E-state index in [9.17, 15) is 9.18 Å². The predicted molar refractivity (Wildman–Crippen MR) is 33.3 cm³/mol. The lowest BCUT2D eigenvalue weighted by atomic mass is 10.00. The van der Waals surface area contributed by atoms with Crippen molar-refractivity contribution in [3.63, 3.8) is 0 Å². The molecule has 0 bridgehead atoms. The van der Waals surface area contributed by atoms with Gasteiger partial charge in [-0.15, -0.1) is 0 Å². The van der Waals surface area contributed by atoms with Crippen LogP contribution in [0.1, 0.15) is 19.3 Å². The van der Waals surface area contributed by atoms with Gasteiger partial charge in [0.05, 0.1) is 0 Å². The highest BCUT2D eigenvalue weighted by molar-refractivity contribution is 5.78. The maximum absolute atomic E-state index is 12.4. The highest BCUT2D eigenvalue weighted by Crippen LogP contribution is 2.29. The molecule has 0 unspecified atom stereocenters. The van der Waals surface area contributed by atoms with E-state index in [4.69, 9.17) is 10.8 Å². The third kappa shape index (κ3) is 1.11. The smallest absolute Gasteiger partial charge is 0.323 e. The Balaban J connectivity index is 2.63. The Morgan fingerprint density at radius 3 is 2.60 bits per heavy atom. The molecule has 4 heteroatoms. The molecule has 1 saturated carbocycles. The van der Waals surface area contributed by atoms with E-state index in [2.05, 4.69) is 0 Å². The molecule has 2 atom stereocenters. The standard InChI is InChI=1S/C6H10FNO2/c7-4-1-2-6(8,3-4)5(9)10/h4H,1-3,8H2,(H,9,10)/t4-,6+/m0/s1. The highest BCUT2D eigenvalue weighted by Gasteiger charge is 2.42. The van der Waals surface area contributed by atoms with Gasteiger partial charge in [0, 0.05) is 6.42 Å². The van der Waals surface area contributed by atoms with E-state index in [0.29, 0.717) is 0 Å². The average molecular weight is 147 g/mol. The summed E-state index contributed by atoms with van der Waals surface area (Å²) in [6.45, 7) is 0. The molecule has 0 saturated heterocycles. The maximum Gasteiger partial charge on any atom is 0.323 e. The van der Waals surface area contributed by atoms with Crippen LogP contribution in [0.25, 0.3) is 0 Å². The van der Waals surface area contributed by atoms with E-state index in [1.165, 1.54) is 0 Å². The topological polar surface area (TPSA) is 63.3 Å². The summed E-state index contributed by atoms with van der Waals surface area (Å²) < 4.78 is 12.4. The first kappa shape index (κ1) is 7.47. The molecule has 1 fully saturated rings. The van der Waals surface area contributed by atoms with Crippen LogP contribution < -0.4 is 5.73 Å². The lowest BCUT2D eigenvalue weighted by Gasteiger charge is -2.15. The van der Waals surface area contributed by atoms with Crippen molar-refractivity contribution in [2.45, 2.75) is 31.0 Å². The molecule has 0 amide bonds. The quantitative estimate of drug-likeness (QED) is 0.560. The van der Waals surface area contributed by atoms with Gasteiger partial charge in [-0.3, -0.25) is 4.79 Å². The lowest BCUT2D eigenvalue weighted by molar-refractivity contribution is -0.143. The maximum atomic E-state index is 12.4. The third-order valence-corrected chi connectivity index (χ3v) is 1.92. The molecule has 1 aliphatic rings. The number of nitrogens with two attached hydrogens (primary N) is 1. The molecule has 1 aliphatic carbocycles. The lowest BCUT2D eigenvalue weighted by Crippen LogP contribution is -2.45. The third-order valence-electron chi connectivity index (χ3n) is 1.92. The Labute approximate surface area is 58.0 Å². The van der Waals surface area contributed by atoms with Crippen LogP contribution in [-0.4, -0.2) is 22.8 Å². The SMILES string of the molecule is N[C@]1(C(=O)O)CC[C@H](F)C1. The van der Waals surface area contributed by atoms with Crippen molar-refractivity contribution < 1.29 is 14.3 Å². The minimum absolute atomic E-state index is 0.0394. The molecule has 0 aromatic carbocycles. The molecule has 10 heavy (non-hydrogen) atoms. The number of carbonyl (C=O) groups is 1. The van der Waals surface area contributed by atoms with Crippen LogP contribution in [0.2, 0.25) is 0 Å². The molecule has 1 rings (SSSR count). The Bertz CT molecular complexity index is 162. The second kappa shape index (κ2) is 2.20. The second-order valence-electron chi connectivity index (χ2n) is 2.80. The summed E-state index contributed by atoms with van der Waals surface area (Å²) in [7, 11) is 0. The first-order valence-corrected chi connectivity index (χ1v) is 3.21. The van der Waals surface area contributed by atoms with Crippen molar-refractivity contribution in [3.05, 3.63) is 0 Å². The fourth-order valence-electron chi connectivity index (χ4n) is 1.21. The number of carboxylic acid groups (broad SMARTS) is 1. The van der Waals surface area contributed by atoms with Crippen molar-refractivity contribution in [1.82, 2.24) is 0 Å². The molecule has 0 spiro atoms. The number of rotatable bonds is 1. The average Bonchev–Trinajstić information content (AvgIpc) is 2.13. The molecule has 58 valence electrons. The van der Waals surface area contributed by atoms with Crippen molar-refractivity contribution in [1.29, 1.82) is 0 Å². The van der Waals surface area contributed by atoms with Gasteiger partial charge in [-0.2, -0.15) is 0 Å². The van der Waals surface area contributed by atoms with E-state index >= 15 is 0 Å². The van der Waals surface area contributed by atoms with Crippen LogP contribution in [0.5, 0.6) is 0 Å². The summed E-state index contributed by atoms with van der Waals surface area (Å²) in [5.74, 6) is -1.09. The summed E-state index contributed by atoms with van der Waals surface area (Å²) in [4.78, 5) is 10.4. The molecule has 3 nitrogen and oxygen atoms in total. The fraction of sp³-hybridized carbons (Fsp3) is 0.833. The first-order chi connectivity index (χ1) is 4.54. The fourth-order valence-corrected chi connectivity index (χ4v) is 1.21. The first-order valence-electron chi connectivity index (χ1n) is 3.21. The van der Waals surface area contributed by atoms with E-state index < -0.39 is 17.7 Å². The van der Waals surface area contributed by atoms with Crippen molar-refractivity contribution in [2.75, 3.05) is 0 Å². The number of carboxylic acids is 1. The predicted octanol–water partition coefficient (Wildman–Crippen LogP) is 0.290. The molecule has 0 radical (unpaired) electrons. The van der Waals surface area contributed by atoms with Crippen molar-refractivity contribution >= 4 is 5.97 Å². The van der Waals surface area contributed by atoms with Gasteiger partial charge in [-0.05, 0) is 12.8 Å². The normalized spacial score (nSPS) is 40.0. The van der Waals surface area contributed by atoms with Crippen molar-refractivity contribution in [2.24, 2.45) is 5.73 Å². The minimum Gasteiger partial charge on any atom is -0.480 e. The highest BCUT2D eigenvalue weighted by atomic mass is 19.1. The summed E-state index contributed by atoms with van der Waals surface area (Å²) in [6, 6.07) is 0. The largest absolute Gasteiger partial charge is 0.480 e. The van der Waals surface area contributed by atoms with E-state index in [1.807, 2.05) is 0 Å². The van der Waals surface area contributed by atoms with Gasteiger partial charge in [0.2, 0.25) is 0 Å². The van der Waals surface area contributed by atoms with Gasteiger partial charge in [-0.25, -0.2) is 4.39 Å². The zero-order valence-corrected chi connectivity index (χ0v) is 5.51. The number of aliphatic carboxylic acids is 1. The number of hydrogen-bond donors (Lipinski definition) is 2. The van der Waals surface area contributed by atoms with E-state index in [-0.39, 0.29) is 19.3 Å². The van der Waals surface area contributed by atoms with Crippen LogP contribution in [-0.2, 0) is 4.79 Å². The zero-order valence-electron chi connectivity index (χ0n) is 5.51. The summed E-state index contributed by atoms with van der Waals surface area (Å²) in [6.07, 6.45) is -0.532. The van der Waals surface area contributed by atoms with E-state index in [1.54, 1.807) is 0 Å². The van der Waals surface area contributed by atoms with Crippen LogP contribution in [0, 0.1) is 0 Å². The van der Waals surface area contributed by atoms with Gasteiger partial charge in [0.1, 0.15) is 11.7 Å². The summed E-state index contributed by atoms with van der Waals surface area (Å²) in [5.41, 5.74) is 4.06. The monoisotopic (exact) mass is 147 g/mol. The van der Waals surface area contributed by atoms with Gasteiger partial charge < -0.3 is 10.8 Å². The van der Waals surface area contributed by atoms with Gasteiger partial charge in [0.15, 0.2) is 0 Å². The van der Waals surface area contributed by atoms with E-state index in [0.717, 1.165) is 0 Å². The van der Waals surface area contributed by atoms with Crippen LogP contribution in [0.15, 0.2) is 0 Å². The molecule has 0 aliphatic heterocycles. The molecule has 0 heterocycles. The van der Waals surface area contributed by atoms with Gasteiger partial charge in [-0.1, -0.05) is 0 Å². The Morgan fingerprint density at radius 2 is 2.40 bits per heavy atom. The second-order valence-corrected chi connectivity index (χ2v) is 2.80. The van der Waals surface area contributed by atoms with Crippen LogP contribution in [0.4, 0.5) is 4.39 Å². The molecule has 0 aromatic heterocycles. The summed E-state index contributed by atoms with van der Waals surface area (Å²) >= 11 is 0. The molecule has 0 aromatic rings. The van der Waals surface area contributed by atoms with Crippen LogP contribution >= 0.6 is 0 Å². The Kier molecular flexibility index (Phi) is 1.64. The zero-order chi connectivity index (χ0) is 7.78. The number of hydrogen-bond acceptors (Lipinski definition) is 2. The Morgan fingerprint density at radius 1 is 1.80 bits per heavy atom. The van der Waals surface area contributed by atoms with Gasteiger partial charge in [0.25, 0.3) is 0 Å². The van der Waals surface area contributed by atoms with Crippen molar-refractivity contribution in [3.8, 4) is 0 Å². The van der Waals surface area contributed by atoms with Crippen LogP contribution in [0.3, 0.4) is 0 Å². The summed E-state index contributed by atoms with van der Waals surface area (Å²) in [5, 5.41) is 8.50. The Hall–Kier alpha value is -0.640. The number of halogens is 1. The van der Waals surface area contributed by atoms with Gasteiger partial charge >= 0.3 is 5.97 Å². The number of alkyl halides is 1. The minimum atomic E-state index is -1.29. The molecular weight excluding hydrogens is 137 g/mol. The molecule has 3 N–H and O–H groups in total.